The van der Waals surface area contributed by atoms with Gasteiger partial charge < -0.3 is 19.8 Å². The molecule has 6 nitrogen and oxygen atoms in total. The summed E-state index contributed by atoms with van der Waals surface area (Å²) in [5.41, 5.74) is 13.3. The van der Waals surface area contributed by atoms with Gasteiger partial charge in [-0.15, -0.1) is 0 Å². The number of nitrogens with zero attached hydrogens (tertiary/aromatic N) is 4. The Labute approximate surface area is 200 Å². The molecule has 34 heavy (non-hydrogen) atoms. The molecule has 0 atom stereocenters. The Morgan fingerprint density at radius 1 is 0.971 bits per heavy atom. The van der Waals surface area contributed by atoms with Crippen LogP contribution < -0.4 is 15.4 Å². The van der Waals surface area contributed by atoms with Gasteiger partial charge in [0.15, 0.2) is 0 Å². The van der Waals surface area contributed by atoms with E-state index in [1.807, 2.05) is 37.4 Å². The van der Waals surface area contributed by atoms with Gasteiger partial charge in [0.2, 0.25) is 0 Å². The maximum Gasteiger partial charge on any atom is 0.137 e. The fourth-order valence-electron chi connectivity index (χ4n) is 4.42. The Hall–Kier alpha value is -3.77. The van der Waals surface area contributed by atoms with Gasteiger partial charge in [-0.05, 0) is 61.0 Å². The second-order valence-electron chi connectivity index (χ2n) is 8.97. The maximum absolute atomic E-state index is 6.14. The van der Waals surface area contributed by atoms with Crippen LogP contribution in [0.25, 0.3) is 16.9 Å². The molecule has 0 aliphatic carbocycles. The molecule has 2 aromatic heterocycles. The molecular weight excluding hydrogens is 422 g/mol. The molecule has 0 unspecified atom stereocenters. The third kappa shape index (κ3) is 4.77. The fraction of sp³-hybridized carbons (Fsp3) is 0.250. The summed E-state index contributed by atoms with van der Waals surface area (Å²) in [4.78, 5) is 9.92. The van der Waals surface area contributed by atoms with Crippen molar-refractivity contribution in [2.24, 2.45) is 0 Å². The lowest BCUT2D eigenvalue weighted by Crippen LogP contribution is -2.46. The Morgan fingerprint density at radius 3 is 2.41 bits per heavy atom. The van der Waals surface area contributed by atoms with Crippen molar-refractivity contribution in [2.45, 2.75) is 13.5 Å². The van der Waals surface area contributed by atoms with Crippen LogP contribution in [0.5, 0.6) is 5.75 Å². The lowest BCUT2D eigenvalue weighted by Gasteiger charge is -2.36. The van der Waals surface area contributed by atoms with E-state index >= 15 is 0 Å². The summed E-state index contributed by atoms with van der Waals surface area (Å²) in [7, 11) is 0. The van der Waals surface area contributed by atoms with Crippen molar-refractivity contribution in [1.29, 1.82) is 0 Å². The van der Waals surface area contributed by atoms with E-state index in [1.54, 1.807) is 0 Å². The molecule has 0 spiro atoms. The summed E-state index contributed by atoms with van der Waals surface area (Å²) >= 11 is 0. The first kappa shape index (κ1) is 22.0. The van der Waals surface area contributed by atoms with E-state index in [2.05, 4.69) is 63.2 Å². The zero-order valence-electron chi connectivity index (χ0n) is 19.7. The minimum absolute atomic E-state index is 0.521. The Morgan fingerprint density at radius 2 is 1.71 bits per heavy atom. The number of benzene rings is 2. The first-order chi connectivity index (χ1) is 16.6. The molecule has 2 aromatic carbocycles. The van der Waals surface area contributed by atoms with E-state index in [-0.39, 0.29) is 0 Å². The molecule has 1 aliphatic rings. The predicted molar refractivity (Wildman–Crippen MR) is 139 cm³/mol. The minimum Gasteiger partial charge on any atom is -0.489 e. The number of nitrogen functional groups attached to an aromatic ring is 1. The van der Waals surface area contributed by atoms with Crippen LogP contribution in [0.4, 0.5) is 11.4 Å². The van der Waals surface area contributed by atoms with Gasteiger partial charge in [-0.25, -0.2) is 4.98 Å². The lowest BCUT2D eigenvalue weighted by atomic mass is 10.1. The molecule has 3 heterocycles. The molecule has 174 valence electrons. The third-order valence-corrected chi connectivity index (χ3v) is 6.22. The highest BCUT2D eigenvalue weighted by atomic mass is 16.5. The van der Waals surface area contributed by atoms with Crippen LogP contribution in [0.3, 0.4) is 0 Å². The molecular formula is C28H31N5O. The lowest BCUT2D eigenvalue weighted by molar-refractivity contribution is 0.247. The zero-order valence-corrected chi connectivity index (χ0v) is 19.7. The SMILES string of the molecule is C=C(C)COc1ccc(-c2nc3ccc(N)cn3c2CN2CCN(c3ccccc3)CC2)cc1. The molecule has 0 radical (unpaired) electrons. The normalized spacial score (nSPS) is 14.4. The number of hydrogen-bond donors (Lipinski definition) is 1. The molecule has 1 fully saturated rings. The number of fused-ring (bicyclic) bond motifs is 1. The molecule has 0 saturated carbocycles. The number of hydrogen-bond acceptors (Lipinski definition) is 5. The van der Waals surface area contributed by atoms with Gasteiger partial charge in [-0.2, -0.15) is 0 Å². The first-order valence-corrected chi connectivity index (χ1v) is 11.7. The Kier molecular flexibility index (Phi) is 6.23. The smallest absolute Gasteiger partial charge is 0.137 e. The molecule has 6 heteroatoms. The third-order valence-electron chi connectivity index (χ3n) is 6.22. The van der Waals surface area contributed by atoms with Crippen LogP contribution in [0, 0.1) is 0 Å². The predicted octanol–water partition coefficient (Wildman–Crippen LogP) is 4.86. The van der Waals surface area contributed by atoms with E-state index in [4.69, 9.17) is 15.5 Å². The molecule has 2 N–H and O–H groups in total. The van der Waals surface area contributed by atoms with Crippen molar-refractivity contribution in [3.8, 4) is 17.0 Å². The number of pyridine rings is 1. The zero-order chi connectivity index (χ0) is 23.5. The number of anilines is 2. The number of ether oxygens (including phenoxy) is 1. The van der Waals surface area contributed by atoms with Crippen molar-refractivity contribution < 1.29 is 4.74 Å². The van der Waals surface area contributed by atoms with Gasteiger partial charge in [-0.3, -0.25) is 4.90 Å². The van der Waals surface area contributed by atoms with Gasteiger partial charge in [0.1, 0.15) is 18.0 Å². The summed E-state index contributed by atoms with van der Waals surface area (Å²) < 4.78 is 7.92. The minimum atomic E-state index is 0.521. The number of nitrogens with two attached hydrogens (primary N) is 1. The molecule has 0 bridgehead atoms. The van der Waals surface area contributed by atoms with Crippen molar-refractivity contribution in [1.82, 2.24) is 14.3 Å². The van der Waals surface area contributed by atoms with E-state index in [9.17, 15) is 0 Å². The van der Waals surface area contributed by atoms with Gasteiger partial charge >= 0.3 is 0 Å². The Bertz CT molecular complexity index is 1270. The number of imidazole rings is 1. The van der Waals surface area contributed by atoms with E-state index in [0.717, 1.165) is 72.3 Å². The second-order valence-corrected chi connectivity index (χ2v) is 8.97. The average Bonchev–Trinajstić information content (AvgIpc) is 3.21. The summed E-state index contributed by atoms with van der Waals surface area (Å²) in [5, 5.41) is 0. The molecule has 4 aromatic rings. The summed E-state index contributed by atoms with van der Waals surface area (Å²) in [6, 6.07) is 22.7. The van der Waals surface area contributed by atoms with E-state index in [1.165, 1.54) is 5.69 Å². The summed E-state index contributed by atoms with van der Waals surface area (Å²) in [6.45, 7) is 11.2. The van der Waals surface area contributed by atoms with E-state index < -0.39 is 0 Å². The van der Waals surface area contributed by atoms with Crippen LogP contribution in [-0.4, -0.2) is 47.1 Å². The van der Waals surface area contributed by atoms with Crippen LogP contribution >= 0.6 is 0 Å². The highest BCUT2D eigenvalue weighted by Crippen LogP contribution is 2.29. The number of para-hydroxylation sites is 1. The van der Waals surface area contributed by atoms with Gasteiger partial charge in [0.05, 0.1) is 11.4 Å². The standard InChI is InChI=1S/C28H31N5O/c1-21(2)20-34-25-11-8-22(9-12-25)28-26(33-18-23(29)10-13-27(33)30-28)19-31-14-16-32(17-15-31)24-6-4-3-5-7-24/h3-13,18H,1,14-17,19-20,29H2,2H3. The highest BCUT2D eigenvalue weighted by molar-refractivity contribution is 5.68. The molecule has 0 amide bonds. The maximum atomic E-state index is 6.14. The van der Waals surface area contributed by atoms with Crippen molar-refractivity contribution in [3.05, 3.63) is 90.8 Å². The van der Waals surface area contributed by atoms with Crippen LogP contribution in [-0.2, 0) is 6.54 Å². The molecule has 5 rings (SSSR count). The van der Waals surface area contributed by atoms with Gasteiger partial charge in [0.25, 0.3) is 0 Å². The Balaban J connectivity index is 1.39. The fourth-order valence-corrected chi connectivity index (χ4v) is 4.42. The quantitative estimate of drug-likeness (QED) is 0.405. The number of aromatic nitrogens is 2. The molecule has 1 aliphatic heterocycles. The topological polar surface area (TPSA) is 59.0 Å². The summed E-state index contributed by atoms with van der Waals surface area (Å²) in [5.74, 6) is 0.832. The van der Waals surface area contributed by atoms with Crippen LogP contribution in [0.15, 0.2) is 85.1 Å². The van der Waals surface area contributed by atoms with Crippen LogP contribution in [0.1, 0.15) is 12.6 Å². The van der Waals surface area contributed by atoms with Gasteiger partial charge in [0, 0.05) is 55.9 Å². The number of piperazine rings is 1. The largest absolute Gasteiger partial charge is 0.489 e. The second kappa shape index (κ2) is 9.61. The van der Waals surface area contributed by atoms with Crippen molar-refractivity contribution >= 4 is 17.0 Å². The molecule has 1 saturated heterocycles. The van der Waals surface area contributed by atoms with Gasteiger partial charge in [-0.1, -0.05) is 24.8 Å². The first-order valence-electron chi connectivity index (χ1n) is 11.7. The van der Waals surface area contributed by atoms with Crippen LogP contribution in [0.2, 0.25) is 0 Å². The van der Waals surface area contributed by atoms with Crippen molar-refractivity contribution in [3.63, 3.8) is 0 Å². The highest BCUT2D eigenvalue weighted by Gasteiger charge is 2.21. The number of rotatable bonds is 7. The van der Waals surface area contributed by atoms with E-state index in [0.29, 0.717) is 6.61 Å². The van der Waals surface area contributed by atoms with Crippen molar-refractivity contribution in [2.75, 3.05) is 43.4 Å². The monoisotopic (exact) mass is 453 g/mol. The summed E-state index contributed by atoms with van der Waals surface area (Å²) in [6.07, 6.45) is 1.98. The average molecular weight is 454 g/mol.